The van der Waals surface area contributed by atoms with Crippen LogP contribution in [0.4, 0.5) is 5.69 Å². The van der Waals surface area contributed by atoms with Crippen molar-refractivity contribution in [3.8, 4) is 17.2 Å². The van der Waals surface area contributed by atoms with E-state index in [4.69, 9.17) is 18.9 Å². The van der Waals surface area contributed by atoms with Gasteiger partial charge in [0.25, 0.3) is 5.91 Å². The van der Waals surface area contributed by atoms with Gasteiger partial charge in [0.1, 0.15) is 13.2 Å². The molecular formula is C24H27NO6. The number of hydrogen-bond acceptors (Lipinski definition) is 6. The lowest BCUT2D eigenvalue weighted by atomic mass is 10.0. The predicted molar refractivity (Wildman–Crippen MR) is 118 cm³/mol. The van der Waals surface area contributed by atoms with E-state index in [1.54, 1.807) is 18.2 Å². The largest absolute Gasteiger partial charge is 0.493 e. The van der Waals surface area contributed by atoms with Crippen LogP contribution in [0.2, 0.25) is 0 Å². The van der Waals surface area contributed by atoms with Crippen LogP contribution >= 0.6 is 0 Å². The zero-order valence-electron chi connectivity index (χ0n) is 18.1. The van der Waals surface area contributed by atoms with E-state index >= 15 is 0 Å². The van der Waals surface area contributed by atoms with Crippen LogP contribution in [-0.4, -0.2) is 38.3 Å². The first kappa shape index (κ1) is 22.2. The maximum Gasteiger partial charge on any atom is 0.331 e. The van der Waals surface area contributed by atoms with Gasteiger partial charge in [-0.05, 0) is 54.3 Å². The Morgan fingerprint density at radius 2 is 1.77 bits per heavy atom. The van der Waals surface area contributed by atoms with Crippen molar-refractivity contribution < 1.29 is 28.5 Å². The van der Waals surface area contributed by atoms with Gasteiger partial charge in [0.2, 0.25) is 5.75 Å². The summed E-state index contributed by atoms with van der Waals surface area (Å²) in [6.45, 7) is 6.62. The molecule has 0 aliphatic carbocycles. The molecule has 0 saturated carbocycles. The van der Waals surface area contributed by atoms with Crippen molar-refractivity contribution in [2.75, 3.05) is 25.6 Å². The monoisotopic (exact) mass is 425 g/mol. The van der Waals surface area contributed by atoms with E-state index in [1.807, 2.05) is 24.3 Å². The molecule has 0 spiro atoms. The molecule has 0 bridgehead atoms. The molecule has 1 heterocycles. The zero-order valence-corrected chi connectivity index (χ0v) is 18.1. The third kappa shape index (κ3) is 5.78. The third-order valence-electron chi connectivity index (χ3n) is 4.77. The summed E-state index contributed by atoms with van der Waals surface area (Å²) in [5.74, 6) is 0.980. The molecule has 7 nitrogen and oxygen atoms in total. The SMILES string of the molecule is COc1cc(/C=C/C(=O)O[C@@H](C)C(=O)Nc2ccc(C(C)C)cc2)cc2c1OCCO2. The molecule has 31 heavy (non-hydrogen) atoms. The summed E-state index contributed by atoms with van der Waals surface area (Å²) in [6.07, 6.45) is 1.88. The fraction of sp³-hybridized carbons (Fsp3) is 0.333. The number of nitrogens with one attached hydrogen (secondary N) is 1. The zero-order chi connectivity index (χ0) is 22.4. The highest BCUT2D eigenvalue weighted by Gasteiger charge is 2.19. The molecule has 2 aromatic carbocycles. The number of benzene rings is 2. The Hall–Kier alpha value is -3.48. The maximum absolute atomic E-state index is 12.3. The van der Waals surface area contributed by atoms with Crippen LogP contribution in [0.25, 0.3) is 6.08 Å². The number of fused-ring (bicyclic) bond motifs is 1. The molecule has 0 aromatic heterocycles. The molecule has 1 aliphatic heterocycles. The molecule has 0 radical (unpaired) electrons. The topological polar surface area (TPSA) is 83.1 Å². The molecule has 0 fully saturated rings. The fourth-order valence-corrected chi connectivity index (χ4v) is 3.02. The average molecular weight is 425 g/mol. The summed E-state index contributed by atoms with van der Waals surface area (Å²) in [5.41, 5.74) is 2.51. The molecule has 1 aliphatic rings. The smallest absolute Gasteiger partial charge is 0.331 e. The Labute approximate surface area is 181 Å². The number of carbonyl (C=O) groups is 2. The minimum absolute atomic E-state index is 0.403. The van der Waals surface area contributed by atoms with Crippen LogP contribution in [0.3, 0.4) is 0 Å². The molecule has 7 heteroatoms. The van der Waals surface area contributed by atoms with Crippen LogP contribution in [-0.2, 0) is 14.3 Å². The molecule has 164 valence electrons. The van der Waals surface area contributed by atoms with Crippen molar-refractivity contribution in [3.05, 3.63) is 53.6 Å². The summed E-state index contributed by atoms with van der Waals surface area (Å²) in [5, 5.41) is 2.75. The van der Waals surface area contributed by atoms with E-state index in [1.165, 1.54) is 25.7 Å². The summed E-state index contributed by atoms with van der Waals surface area (Å²) in [7, 11) is 1.53. The molecule has 3 rings (SSSR count). The maximum atomic E-state index is 12.3. The van der Waals surface area contributed by atoms with E-state index in [0.29, 0.717) is 47.6 Å². The van der Waals surface area contributed by atoms with Crippen LogP contribution in [0.5, 0.6) is 17.2 Å². The summed E-state index contributed by atoms with van der Waals surface area (Å²) in [4.78, 5) is 24.5. The summed E-state index contributed by atoms with van der Waals surface area (Å²) < 4.78 is 21.7. The Kier molecular flexibility index (Phi) is 7.18. The quantitative estimate of drug-likeness (QED) is 0.529. The number of esters is 1. The average Bonchev–Trinajstić information content (AvgIpc) is 2.77. The first-order valence-corrected chi connectivity index (χ1v) is 10.1. The molecular weight excluding hydrogens is 398 g/mol. The first-order valence-electron chi connectivity index (χ1n) is 10.1. The highest BCUT2D eigenvalue weighted by molar-refractivity contribution is 5.96. The van der Waals surface area contributed by atoms with Gasteiger partial charge in [0.05, 0.1) is 7.11 Å². The number of anilines is 1. The number of methoxy groups -OCH3 is 1. The molecule has 1 N–H and O–H groups in total. The van der Waals surface area contributed by atoms with Crippen LogP contribution in [0.1, 0.15) is 37.8 Å². The van der Waals surface area contributed by atoms with Crippen molar-refractivity contribution in [1.29, 1.82) is 0 Å². The van der Waals surface area contributed by atoms with Crippen LogP contribution in [0.15, 0.2) is 42.5 Å². The predicted octanol–water partition coefficient (Wildman–Crippen LogP) is 4.17. The number of hydrogen-bond donors (Lipinski definition) is 1. The molecule has 0 saturated heterocycles. The van der Waals surface area contributed by atoms with Crippen molar-refractivity contribution in [2.24, 2.45) is 0 Å². The highest BCUT2D eigenvalue weighted by atomic mass is 16.6. The third-order valence-corrected chi connectivity index (χ3v) is 4.77. The van der Waals surface area contributed by atoms with Gasteiger partial charge in [0.15, 0.2) is 17.6 Å². The minimum Gasteiger partial charge on any atom is -0.493 e. The van der Waals surface area contributed by atoms with Gasteiger partial charge in [-0.25, -0.2) is 4.79 Å². The lowest BCUT2D eigenvalue weighted by Crippen LogP contribution is -2.29. The fourth-order valence-electron chi connectivity index (χ4n) is 3.02. The van der Waals surface area contributed by atoms with E-state index < -0.39 is 18.0 Å². The Morgan fingerprint density at radius 3 is 2.45 bits per heavy atom. The second-order valence-corrected chi connectivity index (χ2v) is 7.43. The van der Waals surface area contributed by atoms with E-state index in [-0.39, 0.29) is 0 Å². The second-order valence-electron chi connectivity index (χ2n) is 7.43. The van der Waals surface area contributed by atoms with E-state index in [9.17, 15) is 9.59 Å². The standard InChI is InChI=1S/C24H27NO6/c1-15(2)18-6-8-19(9-7-18)25-24(27)16(3)31-22(26)10-5-17-13-20(28-4)23-21(14-17)29-11-12-30-23/h5-10,13-16H,11-12H2,1-4H3,(H,25,27)/b10-5+/t16-/m0/s1. The Balaban J connectivity index is 1.58. The van der Waals surface area contributed by atoms with Gasteiger partial charge in [-0.15, -0.1) is 0 Å². The minimum atomic E-state index is -0.947. The Morgan fingerprint density at radius 1 is 1.06 bits per heavy atom. The molecule has 0 unspecified atom stereocenters. The van der Waals surface area contributed by atoms with Gasteiger partial charge >= 0.3 is 5.97 Å². The first-order chi connectivity index (χ1) is 14.9. The van der Waals surface area contributed by atoms with Gasteiger partial charge in [0, 0.05) is 11.8 Å². The van der Waals surface area contributed by atoms with Gasteiger partial charge in [-0.1, -0.05) is 26.0 Å². The van der Waals surface area contributed by atoms with E-state index in [2.05, 4.69) is 19.2 Å². The molecule has 1 amide bonds. The number of rotatable bonds is 7. The van der Waals surface area contributed by atoms with Crippen LogP contribution in [0, 0.1) is 0 Å². The number of carbonyl (C=O) groups excluding carboxylic acids is 2. The molecule has 2 aromatic rings. The molecule has 1 atom stereocenters. The second kappa shape index (κ2) is 10.0. The van der Waals surface area contributed by atoms with Gasteiger partial charge in [-0.2, -0.15) is 0 Å². The lowest BCUT2D eigenvalue weighted by Gasteiger charge is -2.20. The highest BCUT2D eigenvalue weighted by Crippen LogP contribution is 2.40. The summed E-state index contributed by atoms with van der Waals surface area (Å²) in [6, 6.07) is 11.1. The van der Waals surface area contributed by atoms with E-state index in [0.717, 1.165) is 0 Å². The summed E-state index contributed by atoms with van der Waals surface area (Å²) >= 11 is 0. The van der Waals surface area contributed by atoms with Crippen LogP contribution < -0.4 is 19.5 Å². The van der Waals surface area contributed by atoms with Crippen molar-refractivity contribution in [3.63, 3.8) is 0 Å². The normalized spacial score (nSPS) is 13.7. The van der Waals surface area contributed by atoms with Gasteiger partial charge < -0.3 is 24.3 Å². The van der Waals surface area contributed by atoms with Crippen molar-refractivity contribution >= 4 is 23.6 Å². The van der Waals surface area contributed by atoms with Gasteiger partial charge in [-0.3, -0.25) is 4.79 Å². The lowest BCUT2D eigenvalue weighted by molar-refractivity contribution is -0.148. The Bertz CT molecular complexity index is 948. The van der Waals surface area contributed by atoms with Crippen molar-refractivity contribution in [1.82, 2.24) is 0 Å². The number of amides is 1. The van der Waals surface area contributed by atoms with Crippen molar-refractivity contribution in [2.45, 2.75) is 32.8 Å². The number of ether oxygens (including phenoxy) is 4.